The standard InChI is InChI=1S/C29H26N2O5/c1-17-13-19(32)15-20(14-17)35-12-11-29-10-9-28(2,36-29)24-25(29)27(34)31(26(24)33)23-8-7-18(16-30)21-5-3-4-6-22(21)23/h3-8,13-15,24-25,32H,9-12H2,1-2H3. The lowest BCUT2D eigenvalue weighted by Gasteiger charge is -2.31. The van der Waals surface area contributed by atoms with Gasteiger partial charge in [0, 0.05) is 23.3 Å². The molecule has 0 aromatic heterocycles. The predicted molar refractivity (Wildman–Crippen MR) is 133 cm³/mol. The molecule has 3 aliphatic rings. The van der Waals surface area contributed by atoms with Crippen LogP contribution < -0.4 is 9.64 Å². The molecule has 3 heterocycles. The maximum Gasteiger partial charge on any atom is 0.240 e. The number of imide groups is 1. The number of amides is 2. The highest BCUT2D eigenvalue weighted by molar-refractivity contribution is 6.26. The molecule has 7 heteroatoms. The molecule has 6 rings (SSSR count). The van der Waals surface area contributed by atoms with E-state index in [2.05, 4.69) is 6.07 Å². The minimum atomic E-state index is -0.783. The molecule has 4 atom stereocenters. The number of ether oxygens (including phenoxy) is 2. The number of phenols is 1. The number of carbonyl (C=O) groups excluding carboxylic acids is 2. The van der Waals surface area contributed by atoms with Crippen LogP contribution in [-0.2, 0) is 14.3 Å². The van der Waals surface area contributed by atoms with Crippen molar-refractivity contribution in [2.45, 2.75) is 44.3 Å². The highest BCUT2D eigenvalue weighted by atomic mass is 16.5. The highest BCUT2D eigenvalue weighted by Crippen LogP contribution is 2.62. The van der Waals surface area contributed by atoms with Crippen molar-refractivity contribution in [2.75, 3.05) is 11.5 Å². The van der Waals surface area contributed by atoms with Crippen LogP contribution >= 0.6 is 0 Å². The maximum atomic E-state index is 13.9. The van der Waals surface area contributed by atoms with E-state index in [-0.39, 0.29) is 17.6 Å². The Morgan fingerprint density at radius 2 is 1.83 bits per heavy atom. The lowest BCUT2D eigenvalue weighted by Crippen LogP contribution is -2.43. The summed E-state index contributed by atoms with van der Waals surface area (Å²) in [6.45, 7) is 4.11. The van der Waals surface area contributed by atoms with E-state index in [0.717, 1.165) is 5.56 Å². The summed E-state index contributed by atoms with van der Waals surface area (Å²) in [7, 11) is 0. The number of fused-ring (bicyclic) bond motifs is 6. The van der Waals surface area contributed by atoms with E-state index in [4.69, 9.17) is 9.47 Å². The number of aryl methyl sites for hydroxylation is 1. The van der Waals surface area contributed by atoms with E-state index in [1.54, 1.807) is 24.3 Å². The summed E-state index contributed by atoms with van der Waals surface area (Å²) in [6, 6.07) is 18.0. The second-order valence-electron chi connectivity index (χ2n) is 10.3. The Labute approximate surface area is 208 Å². The zero-order chi connectivity index (χ0) is 25.2. The summed E-state index contributed by atoms with van der Waals surface area (Å²) < 4.78 is 12.4. The van der Waals surface area contributed by atoms with E-state index in [1.165, 1.54) is 4.90 Å². The van der Waals surface area contributed by atoms with Gasteiger partial charge in [0.25, 0.3) is 0 Å². The van der Waals surface area contributed by atoms with Crippen LogP contribution in [0.4, 0.5) is 5.69 Å². The summed E-state index contributed by atoms with van der Waals surface area (Å²) in [6.07, 6.45) is 1.83. The van der Waals surface area contributed by atoms with E-state index < -0.39 is 23.0 Å². The summed E-state index contributed by atoms with van der Waals surface area (Å²) >= 11 is 0. The molecule has 3 fully saturated rings. The molecule has 3 saturated heterocycles. The van der Waals surface area contributed by atoms with Crippen LogP contribution in [0.25, 0.3) is 10.8 Å². The van der Waals surface area contributed by atoms with Crippen molar-refractivity contribution in [3.63, 3.8) is 0 Å². The van der Waals surface area contributed by atoms with Crippen molar-refractivity contribution in [1.82, 2.24) is 0 Å². The molecule has 2 amide bonds. The Morgan fingerprint density at radius 1 is 1.08 bits per heavy atom. The molecule has 3 aromatic carbocycles. The van der Waals surface area contributed by atoms with Crippen molar-refractivity contribution >= 4 is 28.3 Å². The van der Waals surface area contributed by atoms with Gasteiger partial charge in [0.1, 0.15) is 11.5 Å². The van der Waals surface area contributed by atoms with Gasteiger partial charge in [0.05, 0.1) is 47.0 Å². The van der Waals surface area contributed by atoms with Crippen LogP contribution in [-0.4, -0.2) is 34.7 Å². The largest absolute Gasteiger partial charge is 0.508 e. The lowest BCUT2D eigenvalue weighted by atomic mass is 9.67. The fourth-order valence-corrected chi connectivity index (χ4v) is 6.58. The monoisotopic (exact) mass is 482 g/mol. The quantitative estimate of drug-likeness (QED) is 0.533. The Bertz CT molecular complexity index is 1460. The second-order valence-corrected chi connectivity index (χ2v) is 10.3. The molecule has 3 aliphatic heterocycles. The fraction of sp³-hybridized carbons (Fsp3) is 0.345. The second kappa shape index (κ2) is 7.81. The van der Waals surface area contributed by atoms with Crippen molar-refractivity contribution in [2.24, 2.45) is 11.8 Å². The summed E-state index contributed by atoms with van der Waals surface area (Å²) in [4.78, 5) is 29.1. The van der Waals surface area contributed by atoms with Crippen LogP contribution in [0.2, 0.25) is 0 Å². The first kappa shape index (κ1) is 22.6. The third-order valence-corrected chi connectivity index (χ3v) is 8.10. The van der Waals surface area contributed by atoms with Crippen LogP contribution in [0, 0.1) is 30.1 Å². The first-order valence-electron chi connectivity index (χ1n) is 12.2. The number of rotatable bonds is 5. The van der Waals surface area contributed by atoms with Gasteiger partial charge in [-0.15, -0.1) is 0 Å². The normalized spacial score (nSPS) is 28.5. The van der Waals surface area contributed by atoms with Gasteiger partial charge in [-0.1, -0.05) is 24.3 Å². The minimum absolute atomic E-state index is 0.135. The molecular formula is C29H26N2O5. The third-order valence-electron chi connectivity index (χ3n) is 8.10. The number of benzene rings is 3. The summed E-state index contributed by atoms with van der Waals surface area (Å²) in [5, 5.41) is 20.8. The van der Waals surface area contributed by atoms with Crippen LogP contribution in [0.1, 0.15) is 37.3 Å². The van der Waals surface area contributed by atoms with Crippen LogP contribution in [0.3, 0.4) is 0 Å². The average Bonchev–Trinajstić information content (AvgIpc) is 3.42. The number of hydrogen-bond donors (Lipinski definition) is 1. The third kappa shape index (κ3) is 3.14. The molecule has 3 aromatic rings. The van der Waals surface area contributed by atoms with E-state index in [0.29, 0.717) is 53.6 Å². The van der Waals surface area contributed by atoms with Gasteiger partial charge in [-0.05, 0) is 56.5 Å². The number of nitrogens with zero attached hydrogens (tertiary/aromatic N) is 2. The highest BCUT2D eigenvalue weighted by Gasteiger charge is 2.73. The number of hydrogen-bond acceptors (Lipinski definition) is 6. The Balaban J connectivity index is 1.33. The van der Waals surface area contributed by atoms with Crippen molar-refractivity contribution in [1.29, 1.82) is 5.26 Å². The van der Waals surface area contributed by atoms with Gasteiger partial charge < -0.3 is 14.6 Å². The fourth-order valence-electron chi connectivity index (χ4n) is 6.58. The summed E-state index contributed by atoms with van der Waals surface area (Å²) in [5.41, 5.74) is 0.403. The van der Waals surface area contributed by atoms with Gasteiger partial charge in [0.15, 0.2) is 0 Å². The van der Waals surface area contributed by atoms with E-state index in [1.807, 2.05) is 44.2 Å². The van der Waals surface area contributed by atoms with E-state index >= 15 is 0 Å². The molecule has 2 bridgehead atoms. The molecule has 0 spiro atoms. The first-order valence-corrected chi connectivity index (χ1v) is 12.2. The number of nitriles is 1. The lowest BCUT2D eigenvalue weighted by molar-refractivity contribution is -0.131. The van der Waals surface area contributed by atoms with Gasteiger partial charge in [-0.3, -0.25) is 9.59 Å². The molecule has 182 valence electrons. The molecule has 0 radical (unpaired) electrons. The Hall–Kier alpha value is -3.89. The number of phenolic OH excluding ortho intramolecular Hbond substituents is 1. The van der Waals surface area contributed by atoms with Crippen molar-refractivity contribution in [3.05, 3.63) is 65.7 Å². The van der Waals surface area contributed by atoms with E-state index in [9.17, 15) is 20.0 Å². The zero-order valence-corrected chi connectivity index (χ0v) is 20.2. The first-order chi connectivity index (χ1) is 17.3. The number of carbonyl (C=O) groups is 2. The molecule has 7 nitrogen and oxygen atoms in total. The Kier molecular flexibility index (Phi) is 4.89. The SMILES string of the molecule is Cc1cc(O)cc(OCCC23CCC(C)(O2)C2C(=O)N(c4ccc(C#N)c5ccccc45)C(=O)C23)c1. The maximum absolute atomic E-state index is 13.9. The van der Waals surface area contributed by atoms with Gasteiger partial charge in [-0.25, -0.2) is 4.90 Å². The molecular weight excluding hydrogens is 456 g/mol. The average molecular weight is 483 g/mol. The van der Waals surface area contributed by atoms with Crippen LogP contribution in [0.5, 0.6) is 11.5 Å². The minimum Gasteiger partial charge on any atom is -0.508 e. The van der Waals surface area contributed by atoms with Crippen LogP contribution in [0.15, 0.2) is 54.6 Å². The zero-order valence-electron chi connectivity index (χ0n) is 20.2. The smallest absolute Gasteiger partial charge is 0.240 e. The molecule has 0 aliphatic carbocycles. The number of aromatic hydroxyl groups is 1. The summed E-state index contributed by atoms with van der Waals surface area (Å²) in [5.74, 6) is -0.955. The van der Waals surface area contributed by atoms with Gasteiger partial charge in [0.2, 0.25) is 11.8 Å². The van der Waals surface area contributed by atoms with Gasteiger partial charge >= 0.3 is 0 Å². The molecule has 36 heavy (non-hydrogen) atoms. The van der Waals surface area contributed by atoms with Gasteiger partial charge in [-0.2, -0.15) is 5.26 Å². The Morgan fingerprint density at radius 3 is 2.58 bits per heavy atom. The predicted octanol–water partition coefficient (Wildman–Crippen LogP) is 4.62. The van der Waals surface area contributed by atoms with Crippen molar-refractivity contribution in [3.8, 4) is 17.6 Å². The molecule has 4 unspecified atom stereocenters. The molecule has 0 saturated carbocycles. The molecule has 1 N–H and O–H groups in total. The van der Waals surface area contributed by atoms with Crippen molar-refractivity contribution < 1.29 is 24.2 Å². The topological polar surface area (TPSA) is 99.9 Å². The number of anilines is 1.